The molecule has 0 aliphatic heterocycles. The minimum Gasteiger partial charge on any atom is -0.504 e. The molecular weight excluding hydrogens is 236 g/mol. The number of hydrogen-bond acceptors (Lipinski definition) is 4. The summed E-state index contributed by atoms with van der Waals surface area (Å²) in [5.41, 5.74) is -0.183. The fourth-order valence-electron chi connectivity index (χ4n) is 1.93. The standard InChI is InChI=1S/C13H18O5/c1-13(2,7-10(14)15)8-5-6-9(17-3)12(18-4)11(8)16/h5-6,16H,7H2,1-4H3,(H,14,15). The Kier molecular flexibility index (Phi) is 4.06. The predicted molar refractivity (Wildman–Crippen MR) is 66.5 cm³/mol. The molecule has 0 heterocycles. The summed E-state index contributed by atoms with van der Waals surface area (Å²) in [5, 5.41) is 19.0. The number of hydrogen-bond donors (Lipinski definition) is 2. The highest BCUT2D eigenvalue weighted by Gasteiger charge is 2.29. The van der Waals surface area contributed by atoms with E-state index in [1.54, 1.807) is 26.0 Å². The molecule has 0 aliphatic carbocycles. The molecule has 1 aromatic rings. The van der Waals surface area contributed by atoms with Gasteiger partial charge >= 0.3 is 5.97 Å². The van der Waals surface area contributed by atoms with Crippen molar-refractivity contribution in [2.24, 2.45) is 0 Å². The Hall–Kier alpha value is -1.91. The Balaban J connectivity index is 3.30. The maximum absolute atomic E-state index is 10.8. The SMILES string of the molecule is COc1ccc(C(C)(C)CC(=O)O)c(O)c1OC. The van der Waals surface area contributed by atoms with Crippen LogP contribution in [0.5, 0.6) is 17.2 Å². The molecule has 0 unspecified atom stereocenters. The molecule has 100 valence electrons. The molecule has 0 atom stereocenters. The first-order valence-corrected chi connectivity index (χ1v) is 5.49. The van der Waals surface area contributed by atoms with Crippen LogP contribution < -0.4 is 9.47 Å². The first-order valence-electron chi connectivity index (χ1n) is 5.49. The zero-order chi connectivity index (χ0) is 13.9. The lowest BCUT2D eigenvalue weighted by molar-refractivity contribution is -0.138. The molecular formula is C13H18O5. The first kappa shape index (κ1) is 14.2. The Bertz CT molecular complexity index is 451. The molecule has 1 rings (SSSR count). The van der Waals surface area contributed by atoms with E-state index in [9.17, 15) is 9.90 Å². The summed E-state index contributed by atoms with van der Waals surface area (Å²) in [6, 6.07) is 3.30. The van der Waals surface area contributed by atoms with Gasteiger partial charge in [0.15, 0.2) is 11.5 Å². The largest absolute Gasteiger partial charge is 0.504 e. The fraction of sp³-hybridized carbons (Fsp3) is 0.462. The van der Waals surface area contributed by atoms with Gasteiger partial charge in [0.1, 0.15) is 0 Å². The van der Waals surface area contributed by atoms with E-state index >= 15 is 0 Å². The van der Waals surface area contributed by atoms with Crippen LogP contribution in [0.25, 0.3) is 0 Å². The maximum Gasteiger partial charge on any atom is 0.304 e. The lowest BCUT2D eigenvalue weighted by atomic mass is 9.81. The Morgan fingerprint density at radius 2 is 1.89 bits per heavy atom. The van der Waals surface area contributed by atoms with Gasteiger partial charge in [0, 0.05) is 11.0 Å². The van der Waals surface area contributed by atoms with Crippen molar-refractivity contribution in [3.63, 3.8) is 0 Å². The first-order chi connectivity index (χ1) is 8.33. The molecule has 5 nitrogen and oxygen atoms in total. The highest BCUT2D eigenvalue weighted by atomic mass is 16.5. The normalized spacial score (nSPS) is 11.1. The van der Waals surface area contributed by atoms with E-state index in [4.69, 9.17) is 14.6 Å². The number of rotatable bonds is 5. The molecule has 0 aliphatic rings. The smallest absolute Gasteiger partial charge is 0.304 e. The van der Waals surface area contributed by atoms with E-state index in [1.165, 1.54) is 14.2 Å². The summed E-state index contributed by atoms with van der Waals surface area (Å²) in [4.78, 5) is 10.8. The second-order valence-corrected chi connectivity index (χ2v) is 4.65. The van der Waals surface area contributed by atoms with E-state index < -0.39 is 11.4 Å². The quantitative estimate of drug-likeness (QED) is 0.842. The third-order valence-electron chi connectivity index (χ3n) is 2.84. The van der Waals surface area contributed by atoms with Gasteiger partial charge in [-0.25, -0.2) is 0 Å². The summed E-state index contributed by atoms with van der Waals surface area (Å²) in [5.74, 6) is -0.379. The van der Waals surface area contributed by atoms with Crippen molar-refractivity contribution in [1.82, 2.24) is 0 Å². The highest BCUT2D eigenvalue weighted by Crippen LogP contribution is 2.44. The van der Waals surface area contributed by atoms with E-state index in [0.717, 1.165) is 0 Å². The molecule has 5 heteroatoms. The van der Waals surface area contributed by atoms with Gasteiger partial charge in [-0.05, 0) is 6.07 Å². The molecule has 18 heavy (non-hydrogen) atoms. The van der Waals surface area contributed by atoms with Crippen LogP contribution in [-0.4, -0.2) is 30.4 Å². The van der Waals surface area contributed by atoms with Crippen molar-refractivity contribution in [1.29, 1.82) is 0 Å². The van der Waals surface area contributed by atoms with Crippen LogP contribution in [0.15, 0.2) is 12.1 Å². The van der Waals surface area contributed by atoms with Gasteiger partial charge in [-0.1, -0.05) is 19.9 Å². The number of phenolic OH excluding ortho intramolecular Hbond substituents is 1. The molecule has 1 aromatic carbocycles. The summed E-state index contributed by atoms with van der Waals surface area (Å²) in [6.45, 7) is 3.50. The van der Waals surface area contributed by atoms with Crippen LogP contribution in [0.4, 0.5) is 0 Å². The number of carboxylic acids is 1. The van der Waals surface area contributed by atoms with Gasteiger partial charge in [-0.15, -0.1) is 0 Å². The Morgan fingerprint density at radius 3 is 2.33 bits per heavy atom. The summed E-state index contributed by atoms with van der Waals surface area (Å²) >= 11 is 0. The van der Waals surface area contributed by atoms with Gasteiger partial charge in [0.25, 0.3) is 0 Å². The summed E-state index contributed by atoms with van der Waals surface area (Å²) < 4.78 is 10.1. The molecule has 0 radical (unpaired) electrons. The number of aliphatic carboxylic acids is 1. The van der Waals surface area contributed by atoms with E-state index in [1.807, 2.05) is 0 Å². The number of carbonyl (C=O) groups is 1. The Labute approximate surface area is 106 Å². The molecule has 0 aromatic heterocycles. The van der Waals surface area contributed by atoms with Crippen LogP contribution in [0.3, 0.4) is 0 Å². The Morgan fingerprint density at radius 1 is 1.28 bits per heavy atom. The molecule has 2 N–H and O–H groups in total. The van der Waals surface area contributed by atoms with Crippen molar-refractivity contribution in [2.45, 2.75) is 25.7 Å². The van der Waals surface area contributed by atoms with Gasteiger partial charge in [0.05, 0.1) is 20.6 Å². The molecule has 0 amide bonds. The number of carboxylic acid groups (broad SMARTS) is 1. The average Bonchev–Trinajstić information content (AvgIpc) is 2.26. The van der Waals surface area contributed by atoms with Crippen molar-refractivity contribution in [2.75, 3.05) is 14.2 Å². The maximum atomic E-state index is 10.8. The van der Waals surface area contributed by atoms with Crippen LogP contribution >= 0.6 is 0 Å². The predicted octanol–water partition coefficient (Wildman–Crippen LogP) is 2.16. The van der Waals surface area contributed by atoms with Crippen LogP contribution in [0.1, 0.15) is 25.8 Å². The number of aromatic hydroxyl groups is 1. The van der Waals surface area contributed by atoms with Gasteiger partial charge in [0.2, 0.25) is 5.75 Å². The van der Waals surface area contributed by atoms with E-state index in [-0.39, 0.29) is 17.9 Å². The molecule has 0 spiro atoms. The monoisotopic (exact) mass is 254 g/mol. The van der Waals surface area contributed by atoms with Crippen molar-refractivity contribution >= 4 is 5.97 Å². The van der Waals surface area contributed by atoms with Crippen LogP contribution in [0, 0.1) is 0 Å². The fourth-order valence-corrected chi connectivity index (χ4v) is 1.93. The summed E-state index contributed by atoms with van der Waals surface area (Å²) in [6.07, 6.45) is -0.0873. The minimum atomic E-state index is -0.922. The highest BCUT2D eigenvalue weighted by molar-refractivity contribution is 5.70. The second kappa shape index (κ2) is 5.16. The van der Waals surface area contributed by atoms with Gasteiger partial charge in [-0.3, -0.25) is 4.79 Å². The third-order valence-corrected chi connectivity index (χ3v) is 2.84. The van der Waals surface area contributed by atoms with Crippen molar-refractivity contribution < 1.29 is 24.5 Å². The number of methoxy groups -OCH3 is 2. The lowest BCUT2D eigenvalue weighted by Crippen LogP contribution is -2.22. The van der Waals surface area contributed by atoms with E-state index in [0.29, 0.717) is 11.3 Å². The molecule has 0 saturated carbocycles. The van der Waals surface area contributed by atoms with Crippen LogP contribution in [0.2, 0.25) is 0 Å². The lowest BCUT2D eigenvalue weighted by Gasteiger charge is -2.25. The number of phenols is 1. The van der Waals surface area contributed by atoms with Crippen LogP contribution in [-0.2, 0) is 10.2 Å². The van der Waals surface area contributed by atoms with E-state index in [2.05, 4.69) is 0 Å². The summed E-state index contributed by atoms with van der Waals surface area (Å²) in [7, 11) is 2.89. The zero-order valence-corrected chi connectivity index (χ0v) is 11.0. The second-order valence-electron chi connectivity index (χ2n) is 4.65. The van der Waals surface area contributed by atoms with Gasteiger partial charge < -0.3 is 19.7 Å². The number of benzene rings is 1. The van der Waals surface area contributed by atoms with Gasteiger partial charge in [-0.2, -0.15) is 0 Å². The zero-order valence-electron chi connectivity index (χ0n) is 11.0. The topological polar surface area (TPSA) is 76.0 Å². The van der Waals surface area contributed by atoms with Crippen molar-refractivity contribution in [3.8, 4) is 17.2 Å². The minimum absolute atomic E-state index is 0.0805. The number of ether oxygens (including phenoxy) is 2. The molecule has 0 bridgehead atoms. The molecule has 0 fully saturated rings. The molecule has 0 saturated heterocycles. The van der Waals surface area contributed by atoms with Crippen molar-refractivity contribution in [3.05, 3.63) is 17.7 Å². The third kappa shape index (κ3) is 2.67. The average molecular weight is 254 g/mol.